The van der Waals surface area contributed by atoms with Gasteiger partial charge in [-0.05, 0) is 30.7 Å². The Balaban J connectivity index is 2.15. The van der Waals surface area contributed by atoms with E-state index in [-0.39, 0.29) is 11.9 Å². The summed E-state index contributed by atoms with van der Waals surface area (Å²) in [6.07, 6.45) is 1.09. The molecule has 0 bridgehead atoms. The summed E-state index contributed by atoms with van der Waals surface area (Å²) in [6, 6.07) is 7.04. The summed E-state index contributed by atoms with van der Waals surface area (Å²) in [7, 11) is 1.71. The Kier molecular flexibility index (Phi) is 3.34. The molecule has 1 heterocycles. The van der Waals surface area contributed by atoms with Crippen LogP contribution in [-0.4, -0.2) is 20.3 Å². The summed E-state index contributed by atoms with van der Waals surface area (Å²) in [5, 5.41) is 3.39. The van der Waals surface area contributed by atoms with Gasteiger partial charge in [-0.1, -0.05) is 12.1 Å². The molecular formula is C12H16FNO. The van der Waals surface area contributed by atoms with E-state index in [1.807, 2.05) is 6.07 Å². The fourth-order valence-corrected chi connectivity index (χ4v) is 2.24. The van der Waals surface area contributed by atoms with E-state index < -0.39 is 0 Å². The van der Waals surface area contributed by atoms with Crippen LogP contribution in [0.25, 0.3) is 0 Å². The standard InChI is InChI=1S/C12H16FNO/c1-15-8-10-5-6-14-12(10)9-3-2-4-11(13)7-9/h2-4,7,10,12,14H,5-6,8H2,1H3. The molecule has 2 rings (SSSR count). The number of rotatable bonds is 3. The zero-order valence-electron chi connectivity index (χ0n) is 8.87. The zero-order valence-corrected chi connectivity index (χ0v) is 8.87. The van der Waals surface area contributed by atoms with Crippen molar-refractivity contribution >= 4 is 0 Å². The maximum Gasteiger partial charge on any atom is 0.123 e. The first kappa shape index (κ1) is 10.6. The van der Waals surface area contributed by atoms with Crippen LogP contribution >= 0.6 is 0 Å². The number of benzene rings is 1. The van der Waals surface area contributed by atoms with Gasteiger partial charge < -0.3 is 10.1 Å². The van der Waals surface area contributed by atoms with Gasteiger partial charge in [-0.25, -0.2) is 4.39 Å². The summed E-state index contributed by atoms with van der Waals surface area (Å²) in [6.45, 7) is 1.71. The molecule has 1 fully saturated rings. The van der Waals surface area contributed by atoms with Crippen LogP contribution in [0.2, 0.25) is 0 Å². The molecule has 1 saturated heterocycles. The van der Waals surface area contributed by atoms with Crippen molar-refractivity contribution in [3.8, 4) is 0 Å². The molecule has 3 heteroatoms. The van der Waals surface area contributed by atoms with Gasteiger partial charge in [-0.3, -0.25) is 0 Å². The van der Waals surface area contributed by atoms with E-state index in [1.165, 1.54) is 6.07 Å². The Morgan fingerprint density at radius 1 is 1.53 bits per heavy atom. The van der Waals surface area contributed by atoms with E-state index in [0.717, 1.165) is 25.1 Å². The average molecular weight is 209 g/mol. The van der Waals surface area contributed by atoms with Crippen molar-refractivity contribution in [1.82, 2.24) is 5.32 Å². The van der Waals surface area contributed by atoms with Gasteiger partial charge >= 0.3 is 0 Å². The topological polar surface area (TPSA) is 21.3 Å². The third-order valence-electron chi connectivity index (χ3n) is 2.94. The molecular weight excluding hydrogens is 193 g/mol. The van der Waals surface area contributed by atoms with Gasteiger partial charge in [0.25, 0.3) is 0 Å². The highest BCUT2D eigenvalue weighted by atomic mass is 19.1. The largest absolute Gasteiger partial charge is 0.384 e. The number of methoxy groups -OCH3 is 1. The average Bonchev–Trinajstić information content (AvgIpc) is 2.66. The van der Waals surface area contributed by atoms with Gasteiger partial charge in [0, 0.05) is 19.1 Å². The van der Waals surface area contributed by atoms with Crippen LogP contribution in [0, 0.1) is 11.7 Å². The molecule has 82 valence electrons. The number of ether oxygens (including phenoxy) is 1. The molecule has 0 spiro atoms. The van der Waals surface area contributed by atoms with Crippen molar-refractivity contribution in [2.24, 2.45) is 5.92 Å². The third-order valence-corrected chi connectivity index (χ3v) is 2.94. The Morgan fingerprint density at radius 2 is 2.40 bits per heavy atom. The van der Waals surface area contributed by atoms with Gasteiger partial charge in [0.05, 0.1) is 6.61 Å². The van der Waals surface area contributed by atoms with Gasteiger partial charge in [0.15, 0.2) is 0 Å². The van der Waals surface area contributed by atoms with E-state index in [9.17, 15) is 4.39 Å². The van der Waals surface area contributed by atoms with Gasteiger partial charge in [-0.2, -0.15) is 0 Å². The van der Waals surface area contributed by atoms with Crippen LogP contribution in [-0.2, 0) is 4.74 Å². The van der Waals surface area contributed by atoms with E-state index in [4.69, 9.17) is 4.74 Å². The molecule has 2 unspecified atom stereocenters. The first-order valence-corrected chi connectivity index (χ1v) is 5.29. The molecule has 1 aliphatic rings. The second-order valence-electron chi connectivity index (χ2n) is 3.99. The Hall–Kier alpha value is -0.930. The van der Waals surface area contributed by atoms with Crippen LogP contribution in [0.5, 0.6) is 0 Å². The summed E-state index contributed by atoms with van der Waals surface area (Å²) >= 11 is 0. The van der Waals surface area contributed by atoms with Crippen molar-refractivity contribution in [1.29, 1.82) is 0 Å². The van der Waals surface area contributed by atoms with E-state index in [2.05, 4.69) is 5.32 Å². The van der Waals surface area contributed by atoms with Crippen LogP contribution < -0.4 is 5.32 Å². The second-order valence-corrected chi connectivity index (χ2v) is 3.99. The predicted octanol–water partition coefficient (Wildman–Crippen LogP) is 2.12. The van der Waals surface area contributed by atoms with Crippen LogP contribution in [0.4, 0.5) is 4.39 Å². The number of hydrogen-bond donors (Lipinski definition) is 1. The maximum atomic E-state index is 13.1. The molecule has 2 atom stereocenters. The van der Waals surface area contributed by atoms with Crippen molar-refractivity contribution in [2.75, 3.05) is 20.3 Å². The molecule has 0 aromatic heterocycles. The molecule has 1 aromatic carbocycles. The van der Waals surface area contributed by atoms with E-state index >= 15 is 0 Å². The minimum atomic E-state index is -0.169. The lowest BCUT2D eigenvalue weighted by Crippen LogP contribution is -2.20. The number of hydrogen-bond acceptors (Lipinski definition) is 2. The minimum absolute atomic E-state index is 0.169. The lowest BCUT2D eigenvalue weighted by atomic mass is 9.95. The fraction of sp³-hybridized carbons (Fsp3) is 0.500. The predicted molar refractivity (Wildman–Crippen MR) is 57.1 cm³/mol. The monoisotopic (exact) mass is 209 g/mol. The van der Waals surface area contributed by atoms with Crippen molar-refractivity contribution in [2.45, 2.75) is 12.5 Å². The SMILES string of the molecule is COCC1CCNC1c1cccc(F)c1. The maximum absolute atomic E-state index is 13.1. The van der Waals surface area contributed by atoms with E-state index in [0.29, 0.717) is 5.92 Å². The highest BCUT2D eigenvalue weighted by Gasteiger charge is 2.27. The molecule has 0 aliphatic carbocycles. The van der Waals surface area contributed by atoms with Gasteiger partial charge in [0.1, 0.15) is 5.82 Å². The smallest absolute Gasteiger partial charge is 0.123 e. The highest BCUT2D eigenvalue weighted by Crippen LogP contribution is 2.29. The molecule has 1 N–H and O–H groups in total. The zero-order chi connectivity index (χ0) is 10.7. The third kappa shape index (κ3) is 2.36. The van der Waals surface area contributed by atoms with Crippen LogP contribution in [0.3, 0.4) is 0 Å². The van der Waals surface area contributed by atoms with Gasteiger partial charge in [0.2, 0.25) is 0 Å². The molecule has 0 saturated carbocycles. The molecule has 1 aliphatic heterocycles. The number of nitrogens with one attached hydrogen (secondary N) is 1. The molecule has 1 aromatic rings. The quantitative estimate of drug-likeness (QED) is 0.823. The normalized spacial score (nSPS) is 25.7. The van der Waals surface area contributed by atoms with E-state index in [1.54, 1.807) is 19.2 Å². The van der Waals surface area contributed by atoms with Crippen LogP contribution in [0.15, 0.2) is 24.3 Å². The first-order chi connectivity index (χ1) is 7.31. The lowest BCUT2D eigenvalue weighted by Gasteiger charge is -2.19. The highest BCUT2D eigenvalue weighted by molar-refractivity contribution is 5.22. The first-order valence-electron chi connectivity index (χ1n) is 5.29. The van der Waals surface area contributed by atoms with Gasteiger partial charge in [-0.15, -0.1) is 0 Å². The molecule has 0 amide bonds. The second kappa shape index (κ2) is 4.73. The summed E-state index contributed by atoms with van der Waals surface area (Å²) in [5.41, 5.74) is 1.02. The van der Waals surface area contributed by atoms with Crippen molar-refractivity contribution in [3.05, 3.63) is 35.6 Å². The van der Waals surface area contributed by atoms with Crippen molar-refractivity contribution < 1.29 is 9.13 Å². The Labute approximate surface area is 89.4 Å². The summed E-state index contributed by atoms with van der Waals surface area (Å²) in [4.78, 5) is 0. The molecule has 2 nitrogen and oxygen atoms in total. The minimum Gasteiger partial charge on any atom is -0.384 e. The van der Waals surface area contributed by atoms with Crippen molar-refractivity contribution in [3.63, 3.8) is 0 Å². The van der Waals surface area contributed by atoms with Crippen LogP contribution in [0.1, 0.15) is 18.0 Å². The lowest BCUT2D eigenvalue weighted by molar-refractivity contribution is 0.145. The number of halogens is 1. The summed E-state index contributed by atoms with van der Waals surface area (Å²) in [5.74, 6) is 0.286. The summed E-state index contributed by atoms with van der Waals surface area (Å²) < 4.78 is 18.2. The fourth-order valence-electron chi connectivity index (χ4n) is 2.24. The molecule has 15 heavy (non-hydrogen) atoms. The molecule has 0 radical (unpaired) electrons. The Morgan fingerprint density at radius 3 is 3.13 bits per heavy atom. The Bertz CT molecular complexity index is 329.